The summed E-state index contributed by atoms with van der Waals surface area (Å²) in [6, 6.07) is 10.6. The maximum atomic E-state index is 11.6. The van der Waals surface area contributed by atoms with E-state index in [9.17, 15) is 14.7 Å². The Morgan fingerprint density at radius 3 is 2.58 bits per heavy atom. The molecule has 2 aliphatic rings. The molecule has 4 rings (SSSR count). The van der Waals surface area contributed by atoms with Crippen LogP contribution in [0.5, 0.6) is 0 Å². The van der Waals surface area contributed by atoms with E-state index >= 15 is 0 Å². The van der Waals surface area contributed by atoms with Crippen molar-refractivity contribution in [1.82, 2.24) is 5.16 Å². The number of benzene rings is 1. The third-order valence-electron chi connectivity index (χ3n) is 6.79. The van der Waals surface area contributed by atoms with Crippen LogP contribution in [0, 0.1) is 5.92 Å². The minimum atomic E-state index is -0.884. The highest BCUT2D eigenvalue weighted by Gasteiger charge is 2.41. The molecule has 6 nitrogen and oxygen atoms in total. The zero-order valence-corrected chi connectivity index (χ0v) is 18.1. The molecule has 1 atom stereocenters. The molecule has 1 heterocycles. The summed E-state index contributed by atoms with van der Waals surface area (Å²) in [5, 5.41) is 13.8. The maximum absolute atomic E-state index is 11.6. The number of aromatic nitrogens is 1. The molecule has 1 aromatic heterocycles. The maximum Gasteiger partial charge on any atom is 0.305 e. The van der Waals surface area contributed by atoms with Gasteiger partial charge in [0, 0.05) is 23.8 Å². The fourth-order valence-corrected chi connectivity index (χ4v) is 4.84. The molecule has 0 amide bonds. The van der Waals surface area contributed by atoms with Gasteiger partial charge in [0.05, 0.1) is 19.2 Å². The van der Waals surface area contributed by atoms with Crippen LogP contribution in [0.1, 0.15) is 91.7 Å². The van der Waals surface area contributed by atoms with Crippen LogP contribution >= 0.6 is 0 Å². The van der Waals surface area contributed by atoms with Gasteiger partial charge < -0.3 is 14.4 Å². The lowest BCUT2D eigenvalue weighted by atomic mass is 9.70. The van der Waals surface area contributed by atoms with Crippen LogP contribution in [0.15, 0.2) is 34.9 Å². The fraction of sp³-hybridized carbons (Fsp3) is 0.560. The number of ether oxygens (including phenoxy) is 1. The Balaban J connectivity index is 1.42. The number of hydrogen-bond donors (Lipinski definition) is 1. The Hall–Kier alpha value is -2.63. The second-order valence-electron chi connectivity index (χ2n) is 9.09. The Kier molecular flexibility index (Phi) is 6.73. The molecule has 31 heavy (non-hydrogen) atoms. The van der Waals surface area contributed by atoms with Crippen molar-refractivity contribution in [3.63, 3.8) is 0 Å². The summed E-state index contributed by atoms with van der Waals surface area (Å²) in [7, 11) is 1.35. The van der Waals surface area contributed by atoms with E-state index in [-0.39, 0.29) is 24.7 Å². The zero-order chi connectivity index (χ0) is 21.8. The predicted molar refractivity (Wildman–Crippen MR) is 115 cm³/mol. The van der Waals surface area contributed by atoms with Gasteiger partial charge in [-0.1, -0.05) is 35.5 Å². The van der Waals surface area contributed by atoms with Crippen LogP contribution in [0.25, 0.3) is 0 Å². The van der Waals surface area contributed by atoms with Gasteiger partial charge in [-0.05, 0) is 62.3 Å². The summed E-state index contributed by atoms with van der Waals surface area (Å²) >= 11 is 0. The molecule has 2 aliphatic carbocycles. The molecule has 1 N–H and O–H groups in total. The monoisotopic (exact) mass is 425 g/mol. The number of carboxylic acid groups (broad SMARTS) is 1. The van der Waals surface area contributed by atoms with Crippen molar-refractivity contribution in [3.8, 4) is 0 Å². The van der Waals surface area contributed by atoms with Crippen molar-refractivity contribution in [2.24, 2.45) is 5.92 Å². The highest BCUT2D eigenvalue weighted by atomic mass is 16.5. The van der Waals surface area contributed by atoms with Crippen LogP contribution < -0.4 is 0 Å². The first-order valence-corrected chi connectivity index (χ1v) is 11.4. The van der Waals surface area contributed by atoms with E-state index in [1.165, 1.54) is 19.1 Å². The molecule has 0 bridgehead atoms. The minimum Gasteiger partial charge on any atom is -0.481 e. The number of hydrogen-bond acceptors (Lipinski definition) is 5. The van der Waals surface area contributed by atoms with Crippen LogP contribution in [-0.4, -0.2) is 29.3 Å². The van der Waals surface area contributed by atoms with Gasteiger partial charge in [0.2, 0.25) is 0 Å². The number of carbonyl (C=O) groups is 2. The molecule has 2 fully saturated rings. The number of carboxylic acids is 1. The van der Waals surface area contributed by atoms with Gasteiger partial charge in [-0.2, -0.15) is 0 Å². The number of nitrogens with zero attached hydrogens (tertiary/aromatic N) is 1. The quantitative estimate of drug-likeness (QED) is 0.498. The van der Waals surface area contributed by atoms with Gasteiger partial charge in [-0.3, -0.25) is 9.59 Å². The fourth-order valence-electron chi connectivity index (χ4n) is 4.84. The van der Waals surface area contributed by atoms with Gasteiger partial charge in [-0.15, -0.1) is 0 Å². The summed E-state index contributed by atoms with van der Waals surface area (Å²) in [5.41, 5.74) is 3.29. The molecule has 0 saturated heterocycles. The van der Waals surface area contributed by atoms with Crippen LogP contribution in [0.3, 0.4) is 0 Å². The van der Waals surface area contributed by atoms with E-state index < -0.39 is 5.97 Å². The third kappa shape index (κ3) is 5.35. The van der Waals surface area contributed by atoms with Crippen molar-refractivity contribution in [1.29, 1.82) is 0 Å². The van der Waals surface area contributed by atoms with E-state index in [0.717, 1.165) is 49.1 Å². The van der Waals surface area contributed by atoms with Gasteiger partial charge in [-0.25, -0.2) is 0 Å². The first-order valence-electron chi connectivity index (χ1n) is 11.4. The minimum absolute atomic E-state index is 0.0486. The van der Waals surface area contributed by atoms with E-state index in [1.54, 1.807) is 0 Å². The third-order valence-corrected chi connectivity index (χ3v) is 6.79. The average molecular weight is 426 g/mol. The van der Waals surface area contributed by atoms with Gasteiger partial charge in [0.1, 0.15) is 5.76 Å². The van der Waals surface area contributed by atoms with E-state index in [2.05, 4.69) is 29.4 Å². The number of aliphatic carboxylic acids is 1. The summed E-state index contributed by atoms with van der Waals surface area (Å²) < 4.78 is 10.6. The topological polar surface area (TPSA) is 89.6 Å². The van der Waals surface area contributed by atoms with E-state index in [4.69, 9.17) is 9.26 Å². The van der Waals surface area contributed by atoms with Crippen molar-refractivity contribution in [2.45, 2.75) is 75.5 Å². The number of aryl methyl sites for hydroxylation is 1. The second-order valence-corrected chi connectivity index (χ2v) is 9.09. The molecule has 0 spiro atoms. The molecule has 6 heteroatoms. The largest absolute Gasteiger partial charge is 0.481 e. The Labute approximate surface area is 183 Å². The van der Waals surface area contributed by atoms with Crippen LogP contribution in [0.4, 0.5) is 0 Å². The molecule has 0 aliphatic heterocycles. The Morgan fingerprint density at radius 2 is 1.94 bits per heavy atom. The van der Waals surface area contributed by atoms with Gasteiger partial charge in [0.15, 0.2) is 0 Å². The first kappa shape index (κ1) is 21.6. The molecule has 1 aromatic carbocycles. The highest BCUT2D eigenvalue weighted by molar-refractivity contribution is 5.70. The van der Waals surface area contributed by atoms with Gasteiger partial charge in [0.25, 0.3) is 0 Å². The van der Waals surface area contributed by atoms with E-state index in [0.29, 0.717) is 24.2 Å². The van der Waals surface area contributed by atoms with E-state index in [1.807, 2.05) is 6.07 Å². The standard InChI is InChI=1S/C25H31NO5/c1-30-22(29)12-11-19(15-21(27)28)24-23(18-9-10-18)25(31-26-24)20-13-17(14-20)8-7-16-5-3-2-4-6-16/h2-6,17-20H,7-15H2,1H3,(H,27,28)/t17-,19-,20+/m0/s1. The highest BCUT2D eigenvalue weighted by Crippen LogP contribution is 2.52. The van der Waals surface area contributed by atoms with Crippen molar-refractivity contribution >= 4 is 11.9 Å². The first-order chi connectivity index (χ1) is 15.0. The molecule has 0 radical (unpaired) electrons. The molecule has 0 unspecified atom stereocenters. The lowest BCUT2D eigenvalue weighted by Gasteiger charge is -2.34. The lowest BCUT2D eigenvalue weighted by Crippen LogP contribution is -2.23. The summed E-state index contributed by atoms with van der Waals surface area (Å²) in [5.74, 6) is 0.941. The van der Waals surface area contributed by atoms with Crippen LogP contribution in [-0.2, 0) is 20.7 Å². The van der Waals surface area contributed by atoms with Crippen molar-refractivity contribution in [2.75, 3.05) is 7.11 Å². The number of carbonyl (C=O) groups excluding carboxylic acids is 1. The van der Waals surface area contributed by atoms with Crippen LogP contribution in [0.2, 0.25) is 0 Å². The predicted octanol–water partition coefficient (Wildman–Crippen LogP) is 5.19. The normalized spacial score (nSPS) is 21.3. The lowest BCUT2D eigenvalue weighted by molar-refractivity contribution is -0.142. The molecule has 2 saturated carbocycles. The SMILES string of the molecule is COC(=O)CC[C@@H](CC(=O)O)c1noc([C@H]2C[C@@H](CCc3ccccc3)C2)c1C1CC1. The summed E-state index contributed by atoms with van der Waals surface area (Å²) in [6.07, 6.45) is 7.24. The molecule has 2 aromatic rings. The Bertz CT molecular complexity index is 896. The molecule has 166 valence electrons. The number of esters is 1. The summed E-state index contributed by atoms with van der Waals surface area (Å²) in [6.45, 7) is 0. The zero-order valence-electron chi connectivity index (χ0n) is 18.1. The average Bonchev–Trinajstić information content (AvgIpc) is 3.49. The summed E-state index contributed by atoms with van der Waals surface area (Å²) in [4.78, 5) is 23.1. The van der Waals surface area contributed by atoms with Crippen molar-refractivity contribution < 1.29 is 24.0 Å². The Morgan fingerprint density at radius 1 is 1.19 bits per heavy atom. The smallest absolute Gasteiger partial charge is 0.305 e. The number of methoxy groups -OCH3 is 1. The second kappa shape index (κ2) is 9.67. The number of rotatable bonds is 11. The molecular weight excluding hydrogens is 394 g/mol. The molecular formula is C25H31NO5. The van der Waals surface area contributed by atoms with Crippen molar-refractivity contribution in [3.05, 3.63) is 52.9 Å². The van der Waals surface area contributed by atoms with Gasteiger partial charge >= 0.3 is 11.9 Å².